The van der Waals surface area contributed by atoms with Crippen molar-refractivity contribution in [2.75, 3.05) is 18.0 Å². The molecule has 7 heteroatoms. The van der Waals surface area contributed by atoms with E-state index < -0.39 is 0 Å². The Bertz CT molecular complexity index is 1060. The Kier molecular flexibility index (Phi) is 3.85. The Labute approximate surface area is 157 Å². The maximum absolute atomic E-state index is 4.79. The zero-order valence-corrected chi connectivity index (χ0v) is 15.2. The average Bonchev–Trinajstić information content (AvgIpc) is 3.34. The SMILES string of the molecule is Cc1c(C2CCN(c3n[nH]nc3-c3ccccc3)CC2)nc2ncccn12. The number of aromatic nitrogens is 6. The zero-order chi connectivity index (χ0) is 18.2. The molecule has 0 spiro atoms. The molecule has 0 atom stereocenters. The van der Waals surface area contributed by atoms with Crippen LogP contribution in [-0.2, 0) is 0 Å². The third-order valence-corrected chi connectivity index (χ3v) is 5.44. The molecule has 0 bridgehead atoms. The van der Waals surface area contributed by atoms with E-state index in [-0.39, 0.29) is 0 Å². The van der Waals surface area contributed by atoms with E-state index in [4.69, 9.17) is 4.98 Å². The lowest BCUT2D eigenvalue weighted by atomic mass is 9.92. The van der Waals surface area contributed by atoms with Crippen LogP contribution in [0.1, 0.15) is 30.1 Å². The van der Waals surface area contributed by atoms with E-state index in [0.717, 1.165) is 48.8 Å². The van der Waals surface area contributed by atoms with Crippen LogP contribution in [0.25, 0.3) is 17.0 Å². The van der Waals surface area contributed by atoms with Gasteiger partial charge < -0.3 is 4.90 Å². The maximum atomic E-state index is 4.79. The number of aryl methyl sites for hydroxylation is 1. The minimum absolute atomic E-state index is 0.454. The summed E-state index contributed by atoms with van der Waals surface area (Å²) in [6.07, 6.45) is 5.92. The first-order chi connectivity index (χ1) is 13.3. The largest absolute Gasteiger partial charge is 0.353 e. The molecule has 27 heavy (non-hydrogen) atoms. The fourth-order valence-corrected chi connectivity index (χ4v) is 4.01. The number of H-pyrrole nitrogens is 1. The smallest absolute Gasteiger partial charge is 0.234 e. The Balaban J connectivity index is 1.37. The van der Waals surface area contributed by atoms with Crippen LogP contribution >= 0.6 is 0 Å². The van der Waals surface area contributed by atoms with Crippen molar-refractivity contribution >= 4 is 11.6 Å². The number of aromatic amines is 1. The summed E-state index contributed by atoms with van der Waals surface area (Å²) in [5.41, 5.74) is 4.38. The molecule has 1 N–H and O–H groups in total. The molecule has 0 radical (unpaired) electrons. The van der Waals surface area contributed by atoms with Crippen molar-refractivity contribution in [1.29, 1.82) is 0 Å². The highest BCUT2D eigenvalue weighted by molar-refractivity contribution is 5.71. The first kappa shape index (κ1) is 16.0. The van der Waals surface area contributed by atoms with Crippen molar-refractivity contribution in [3.63, 3.8) is 0 Å². The van der Waals surface area contributed by atoms with Gasteiger partial charge in [0.15, 0.2) is 5.82 Å². The van der Waals surface area contributed by atoms with Crippen LogP contribution in [0.5, 0.6) is 0 Å². The van der Waals surface area contributed by atoms with Crippen LogP contribution in [0.2, 0.25) is 0 Å². The molecule has 1 saturated heterocycles. The zero-order valence-electron chi connectivity index (χ0n) is 15.2. The first-order valence-corrected chi connectivity index (χ1v) is 9.32. The number of hydrogen-bond acceptors (Lipinski definition) is 5. The van der Waals surface area contributed by atoms with Crippen LogP contribution in [-0.4, -0.2) is 42.9 Å². The number of hydrogen-bond donors (Lipinski definition) is 1. The molecule has 0 saturated carbocycles. The van der Waals surface area contributed by atoms with E-state index in [1.54, 1.807) is 6.20 Å². The van der Waals surface area contributed by atoms with Crippen LogP contribution in [0.4, 0.5) is 5.82 Å². The summed E-state index contributed by atoms with van der Waals surface area (Å²) in [6, 6.07) is 12.2. The summed E-state index contributed by atoms with van der Waals surface area (Å²) in [4.78, 5) is 11.5. The normalized spacial score (nSPS) is 15.5. The maximum Gasteiger partial charge on any atom is 0.234 e. The van der Waals surface area contributed by atoms with E-state index in [9.17, 15) is 0 Å². The highest BCUT2D eigenvalue weighted by atomic mass is 15.4. The quantitative estimate of drug-likeness (QED) is 0.608. The number of nitrogens with one attached hydrogen (secondary N) is 1. The molecule has 4 aromatic rings. The van der Waals surface area contributed by atoms with Gasteiger partial charge in [-0.15, -0.1) is 5.10 Å². The van der Waals surface area contributed by atoms with Gasteiger partial charge in [-0.2, -0.15) is 10.3 Å². The summed E-state index contributed by atoms with van der Waals surface area (Å²) in [5.74, 6) is 2.18. The van der Waals surface area contributed by atoms with E-state index in [1.807, 2.05) is 30.5 Å². The number of imidazole rings is 1. The molecule has 7 nitrogen and oxygen atoms in total. The van der Waals surface area contributed by atoms with Gasteiger partial charge in [-0.1, -0.05) is 30.3 Å². The Morgan fingerprint density at radius 2 is 1.85 bits per heavy atom. The topological polar surface area (TPSA) is 75.0 Å². The molecule has 3 aromatic heterocycles. The number of rotatable bonds is 3. The monoisotopic (exact) mass is 359 g/mol. The lowest BCUT2D eigenvalue weighted by Crippen LogP contribution is -2.33. The van der Waals surface area contributed by atoms with Gasteiger partial charge in [0.25, 0.3) is 0 Å². The predicted octanol–water partition coefficient (Wildman–Crippen LogP) is 3.21. The van der Waals surface area contributed by atoms with Gasteiger partial charge in [-0.3, -0.25) is 4.40 Å². The van der Waals surface area contributed by atoms with Crippen molar-refractivity contribution in [3.8, 4) is 11.3 Å². The van der Waals surface area contributed by atoms with E-state index >= 15 is 0 Å². The lowest BCUT2D eigenvalue weighted by molar-refractivity contribution is 0.493. The van der Waals surface area contributed by atoms with Gasteiger partial charge >= 0.3 is 0 Å². The summed E-state index contributed by atoms with van der Waals surface area (Å²) in [6.45, 7) is 4.02. The average molecular weight is 359 g/mol. The minimum atomic E-state index is 0.454. The summed E-state index contributed by atoms with van der Waals surface area (Å²) in [7, 11) is 0. The standard InChI is InChI=1S/C20H21N7/c1-14-17(22-20-21-10-5-11-27(14)20)16-8-12-26(13-9-16)19-18(23-25-24-19)15-6-3-2-4-7-15/h2-7,10-11,16H,8-9,12-13H2,1H3,(H,23,24,25). The third-order valence-electron chi connectivity index (χ3n) is 5.44. The molecule has 1 fully saturated rings. The first-order valence-electron chi connectivity index (χ1n) is 9.32. The van der Waals surface area contributed by atoms with Gasteiger partial charge in [0.05, 0.1) is 5.69 Å². The summed E-state index contributed by atoms with van der Waals surface area (Å²) >= 11 is 0. The fraction of sp³-hybridized carbons (Fsp3) is 0.300. The van der Waals surface area contributed by atoms with E-state index in [1.165, 1.54) is 11.4 Å². The summed E-state index contributed by atoms with van der Waals surface area (Å²) in [5, 5.41) is 11.6. The summed E-state index contributed by atoms with van der Waals surface area (Å²) < 4.78 is 2.08. The molecule has 0 amide bonds. The number of fused-ring (bicyclic) bond motifs is 1. The number of piperidine rings is 1. The predicted molar refractivity (Wildman–Crippen MR) is 104 cm³/mol. The minimum Gasteiger partial charge on any atom is -0.353 e. The third kappa shape index (κ3) is 2.75. The van der Waals surface area contributed by atoms with E-state index in [0.29, 0.717) is 5.92 Å². The second kappa shape index (κ2) is 6.50. The number of anilines is 1. The Morgan fingerprint density at radius 1 is 1.04 bits per heavy atom. The van der Waals surface area contributed by atoms with Crippen molar-refractivity contribution in [3.05, 3.63) is 60.2 Å². The molecule has 4 heterocycles. The Hall–Kier alpha value is -3.22. The van der Waals surface area contributed by atoms with Gasteiger partial charge in [0.2, 0.25) is 5.78 Å². The van der Waals surface area contributed by atoms with Crippen molar-refractivity contribution < 1.29 is 0 Å². The lowest BCUT2D eigenvalue weighted by Gasteiger charge is -2.32. The molecule has 0 unspecified atom stereocenters. The van der Waals surface area contributed by atoms with Gasteiger partial charge in [0.1, 0.15) is 5.69 Å². The highest BCUT2D eigenvalue weighted by Gasteiger charge is 2.27. The second-order valence-electron chi connectivity index (χ2n) is 7.00. The highest BCUT2D eigenvalue weighted by Crippen LogP contribution is 2.34. The van der Waals surface area contributed by atoms with Crippen LogP contribution < -0.4 is 4.90 Å². The van der Waals surface area contributed by atoms with E-state index in [2.05, 4.69) is 48.8 Å². The van der Waals surface area contributed by atoms with Crippen molar-refractivity contribution in [1.82, 2.24) is 29.8 Å². The van der Waals surface area contributed by atoms with Crippen molar-refractivity contribution in [2.45, 2.75) is 25.7 Å². The molecule has 1 aliphatic heterocycles. The molecular weight excluding hydrogens is 338 g/mol. The molecule has 0 aliphatic carbocycles. The van der Waals surface area contributed by atoms with Crippen molar-refractivity contribution in [2.24, 2.45) is 0 Å². The van der Waals surface area contributed by atoms with Gasteiger partial charge in [0, 0.05) is 42.7 Å². The van der Waals surface area contributed by atoms with Crippen LogP contribution in [0.15, 0.2) is 48.8 Å². The number of nitrogens with zero attached hydrogens (tertiary/aromatic N) is 6. The van der Waals surface area contributed by atoms with Crippen LogP contribution in [0, 0.1) is 6.92 Å². The molecule has 1 aromatic carbocycles. The second-order valence-corrected chi connectivity index (χ2v) is 7.00. The fourth-order valence-electron chi connectivity index (χ4n) is 4.01. The number of benzene rings is 1. The van der Waals surface area contributed by atoms with Gasteiger partial charge in [-0.05, 0) is 25.8 Å². The molecule has 1 aliphatic rings. The molecular formula is C20H21N7. The molecule has 136 valence electrons. The molecule has 5 rings (SSSR count). The Morgan fingerprint density at radius 3 is 2.63 bits per heavy atom. The van der Waals surface area contributed by atoms with Crippen LogP contribution in [0.3, 0.4) is 0 Å². The van der Waals surface area contributed by atoms with Gasteiger partial charge in [-0.25, -0.2) is 9.97 Å².